The number of halogens is 2. The lowest BCUT2D eigenvalue weighted by Crippen LogP contribution is -2.17. The third-order valence-electron chi connectivity index (χ3n) is 4.01. The number of hydrogen-bond donors (Lipinski definition) is 1. The molecule has 132 valence electrons. The fourth-order valence-corrected chi connectivity index (χ4v) is 3.29. The summed E-state index contributed by atoms with van der Waals surface area (Å²) >= 11 is 9.32. The monoisotopic (exact) mass is 429 g/mol. The van der Waals surface area contributed by atoms with Gasteiger partial charge in [0.15, 0.2) is 0 Å². The van der Waals surface area contributed by atoms with Crippen molar-refractivity contribution in [3.8, 4) is 5.69 Å². The molecule has 0 saturated heterocycles. The molecule has 0 atom stereocenters. The van der Waals surface area contributed by atoms with Crippen LogP contribution >= 0.6 is 27.5 Å². The van der Waals surface area contributed by atoms with Gasteiger partial charge in [0.25, 0.3) is 5.91 Å². The van der Waals surface area contributed by atoms with E-state index in [1.807, 2.05) is 56.3 Å². The summed E-state index contributed by atoms with van der Waals surface area (Å²) in [6.07, 6.45) is 1.66. The van der Waals surface area contributed by atoms with Crippen molar-refractivity contribution >= 4 is 39.7 Å². The first-order valence-electron chi connectivity index (χ1n) is 7.99. The average Bonchev–Trinajstić information content (AvgIpc) is 2.89. The lowest BCUT2D eigenvalue weighted by atomic mass is 10.2. The van der Waals surface area contributed by atoms with E-state index in [1.54, 1.807) is 18.3 Å². The molecule has 1 aromatic heterocycles. The molecule has 0 aliphatic rings. The summed E-state index contributed by atoms with van der Waals surface area (Å²) < 4.78 is 2.97. The fourth-order valence-electron chi connectivity index (χ4n) is 2.76. The van der Waals surface area contributed by atoms with Gasteiger partial charge in [-0.1, -0.05) is 33.6 Å². The van der Waals surface area contributed by atoms with Gasteiger partial charge in [-0.25, -0.2) is 5.43 Å². The van der Waals surface area contributed by atoms with Crippen molar-refractivity contribution in [2.75, 3.05) is 0 Å². The quantitative estimate of drug-likeness (QED) is 0.444. The van der Waals surface area contributed by atoms with Crippen molar-refractivity contribution in [1.29, 1.82) is 0 Å². The van der Waals surface area contributed by atoms with E-state index < -0.39 is 0 Å². The van der Waals surface area contributed by atoms with E-state index in [4.69, 9.17) is 11.6 Å². The third-order valence-corrected chi connectivity index (χ3v) is 4.76. The van der Waals surface area contributed by atoms with Crippen molar-refractivity contribution in [3.05, 3.63) is 86.6 Å². The Balaban J connectivity index is 1.78. The number of hydrogen-bond acceptors (Lipinski definition) is 2. The average molecular weight is 431 g/mol. The summed E-state index contributed by atoms with van der Waals surface area (Å²) in [6.45, 7) is 4.04. The predicted molar refractivity (Wildman–Crippen MR) is 109 cm³/mol. The molecule has 0 bridgehead atoms. The molecule has 0 unspecified atom stereocenters. The Bertz CT molecular complexity index is 977. The number of amides is 1. The molecule has 1 heterocycles. The van der Waals surface area contributed by atoms with E-state index in [9.17, 15) is 4.79 Å². The van der Waals surface area contributed by atoms with Gasteiger partial charge in [-0.2, -0.15) is 5.10 Å². The van der Waals surface area contributed by atoms with Crippen LogP contribution in [0, 0.1) is 13.8 Å². The smallest absolute Gasteiger partial charge is 0.271 e. The zero-order chi connectivity index (χ0) is 18.7. The predicted octanol–water partition coefficient (Wildman–Crippen LogP) is 5.27. The largest absolute Gasteiger partial charge is 0.318 e. The standard InChI is InChI=1S/C20H17BrClN3O/c1-13-10-16(14(2)25(13)19-8-6-18(22)7-9-19)12-23-24-20(26)15-4-3-5-17(21)11-15/h3-12H,1-2H3,(H,24,26)/b23-12-. The maximum Gasteiger partial charge on any atom is 0.271 e. The number of benzene rings is 2. The lowest BCUT2D eigenvalue weighted by Gasteiger charge is -2.09. The number of nitrogens with one attached hydrogen (secondary N) is 1. The summed E-state index contributed by atoms with van der Waals surface area (Å²) in [6, 6.07) is 16.9. The highest BCUT2D eigenvalue weighted by Gasteiger charge is 2.10. The van der Waals surface area contributed by atoms with Gasteiger partial charge in [0.2, 0.25) is 0 Å². The van der Waals surface area contributed by atoms with Crippen LogP contribution in [-0.4, -0.2) is 16.7 Å². The molecule has 0 aliphatic carbocycles. The minimum absolute atomic E-state index is 0.256. The molecule has 4 nitrogen and oxygen atoms in total. The fraction of sp³-hybridized carbons (Fsp3) is 0.100. The van der Waals surface area contributed by atoms with Gasteiger partial charge in [0.1, 0.15) is 0 Å². The van der Waals surface area contributed by atoms with E-state index in [2.05, 4.69) is 31.0 Å². The Kier molecular flexibility index (Phi) is 5.59. The third kappa shape index (κ3) is 4.06. The Morgan fingerprint density at radius 1 is 1.15 bits per heavy atom. The van der Waals surface area contributed by atoms with Gasteiger partial charge in [0, 0.05) is 37.7 Å². The Labute approximate surface area is 165 Å². The Morgan fingerprint density at radius 2 is 1.88 bits per heavy atom. The number of hydrazone groups is 1. The molecular formula is C20H17BrClN3O. The number of carbonyl (C=O) groups is 1. The lowest BCUT2D eigenvalue weighted by molar-refractivity contribution is 0.0955. The number of nitrogens with zero attached hydrogens (tertiary/aromatic N) is 2. The molecule has 3 aromatic rings. The topological polar surface area (TPSA) is 46.4 Å². The highest BCUT2D eigenvalue weighted by atomic mass is 79.9. The highest BCUT2D eigenvalue weighted by molar-refractivity contribution is 9.10. The number of carbonyl (C=O) groups excluding carboxylic acids is 1. The summed E-state index contributed by atoms with van der Waals surface area (Å²) in [5, 5.41) is 4.80. The number of aryl methyl sites for hydroxylation is 1. The summed E-state index contributed by atoms with van der Waals surface area (Å²) in [4.78, 5) is 12.1. The SMILES string of the molecule is Cc1cc(/C=N\NC(=O)c2cccc(Br)c2)c(C)n1-c1ccc(Cl)cc1. The summed E-state index contributed by atoms with van der Waals surface area (Å²) in [5.74, 6) is -0.256. The molecule has 3 rings (SSSR count). The Hall–Kier alpha value is -2.37. The van der Waals surface area contributed by atoms with Gasteiger partial charge >= 0.3 is 0 Å². The Morgan fingerprint density at radius 3 is 2.58 bits per heavy atom. The summed E-state index contributed by atoms with van der Waals surface area (Å²) in [5.41, 5.74) is 7.18. The zero-order valence-corrected chi connectivity index (χ0v) is 16.7. The zero-order valence-electron chi connectivity index (χ0n) is 14.3. The second-order valence-corrected chi connectivity index (χ2v) is 7.20. The van der Waals surface area contributed by atoms with Gasteiger partial charge in [0.05, 0.1) is 6.21 Å². The second-order valence-electron chi connectivity index (χ2n) is 5.85. The van der Waals surface area contributed by atoms with Crippen LogP contribution in [0.15, 0.2) is 64.2 Å². The van der Waals surface area contributed by atoms with Crippen LogP contribution in [0.2, 0.25) is 5.02 Å². The van der Waals surface area contributed by atoms with Crippen LogP contribution in [0.4, 0.5) is 0 Å². The number of aromatic nitrogens is 1. The molecule has 1 N–H and O–H groups in total. The minimum atomic E-state index is -0.256. The maximum atomic E-state index is 12.1. The maximum absolute atomic E-state index is 12.1. The van der Waals surface area contributed by atoms with Crippen molar-refractivity contribution in [3.63, 3.8) is 0 Å². The molecular weight excluding hydrogens is 414 g/mol. The molecule has 2 aromatic carbocycles. The van der Waals surface area contributed by atoms with Crippen LogP contribution in [0.3, 0.4) is 0 Å². The van der Waals surface area contributed by atoms with Crippen LogP contribution in [0.25, 0.3) is 5.69 Å². The van der Waals surface area contributed by atoms with Crippen LogP contribution in [0.5, 0.6) is 0 Å². The first-order chi connectivity index (χ1) is 12.5. The van der Waals surface area contributed by atoms with Crippen LogP contribution in [0.1, 0.15) is 27.3 Å². The molecule has 0 radical (unpaired) electrons. The second kappa shape index (κ2) is 7.89. The van der Waals surface area contributed by atoms with Crippen molar-refractivity contribution in [2.24, 2.45) is 5.10 Å². The van der Waals surface area contributed by atoms with E-state index in [1.165, 1.54) is 0 Å². The van der Waals surface area contributed by atoms with Gasteiger partial charge in [-0.05, 0) is 62.4 Å². The first-order valence-corrected chi connectivity index (χ1v) is 9.16. The van der Waals surface area contributed by atoms with E-state index >= 15 is 0 Å². The van der Waals surface area contributed by atoms with Crippen LogP contribution in [-0.2, 0) is 0 Å². The van der Waals surface area contributed by atoms with E-state index in [0.717, 1.165) is 27.1 Å². The molecule has 0 saturated carbocycles. The van der Waals surface area contributed by atoms with Crippen molar-refractivity contribution in [2.45, 2.75) is 13.8 Å². The van der Waals surface area contributed by atoms with Crippen LogP contribution < -0.4 is 5.43 Å². The van der Waals surface area contributed by atoms with E-state index in [0.29, 0.717) is 10.6 Å². The van der Waals surface area contributed by atoms with Crippen molar-refractivity contribution < 1.29 is 4.79 Å². The summed E-state index contributed by atoms with van der Waals surface area (Å²) in [7, 11) is 0. The number of rotatable bonds is 4. The van der Waals surface area contributed by atoms with Gasteiger partial charge < -0.3 is 4.57 Å². The van der Waals surface area contributed by atoms with Crippen molar-refractivity contribution in [1.82, 2.24) is 9.99 Å². The molecule has 26 heavy (non-hydrogen) atoms. The normalized spacial score (nSPS) is 11.1. The minimum Gasteiger partial charge on any atom is -0.318 e. The van der Waals surface area contributed by atoms with Gasteiger partial charge in [-0.3, -0.25) is 4.79 Å². The highest BCUT2D eigenvalue weighted by Crippen LogP contribution is 2.21. The molecule has 0 aliphatic heterocycles. The molecule has 6 heteroatoms. The molecule has 0 spiro atoms. The molecule has 1 amide bonds. The first kappa shape index (κ1) is 18.4. The molecule has 0 fully saturated rings. The van der Waals surface area contributed by atoms with Gasteiger partial charge in [-0.15, -0.1) is 0 Å². The van der Waals surface area contributed by atoms with E-state index in [-0.39, 0.29) is 5.91 Å².